The second-order valence-corrected chi connectivity index (χ2v) is 23.7. The van der Waals surface area contributed by atoms with Crippen molar-refractivity contribution >= 4 is 21.8 Å². The number of hydrogen-bond donors (Lipinski definition) is 7. The van der Waals surface area contributed by atoms with Crippen molar-refractivity contribution in [2.24, 2.45) is 0 Å². The molecule has 6 fully saturated rings. The number of amides is 2. The van der Waals surface area contributed by atoms with Crippen molar-refractivity contribution in [2.75, 3.05) is 94.0 Å². The molecule has 4 saturated heterocycles. The minimum Gasteiger partial charge on any atom is -0.378 e. The molecule has 0 aromatic carbocycles. The number of piperidine rings is 1. The summed E-state index contributed by atoms with van der Waals surface area (Å²) < 4.78 is 28.3. The van der Waals surface area contributed by atoms with Gasteiger partial charge in [0.1, 0.15) is 0 Å². The predicted octanol–water partition coefficient (Wildman–Crippen LogP) is 6.12. The standard InChI is InChI=1S/C10H20N2O.C9H19N.C8H16N2O.C8H17N.C7H16N2O2S.C6H13NO.2C2H7N.C2H6/c1-8(2)11-10-4-6-12(7-5-10)9(3)13;1-8(2)10(3)9-6-4-5-7-9;1-6(2)9-8-4-10(5-8)7(3)11;1-7(2)9-8-5-3-4-6-8;1-6(2)8-7-4-9(5-7)12(3,10)11;1-5(2)7-6-3-8-4-6;2*1-3-2;1-2/h8,10-11H,4-7H2,1-3H3;8-9H,4-7H2,1-3H3;6,8-9H,4-5H2,1-3H3;7-9H,3-6H2,1-2H3;6-8H,4-5H2,1-3H3;5-7H,3-4H2,1-2H3;2*3H,1-2H3;1-2H3. The highest BCUT2D eigenvalue weighted by Gasteiger charge is 2.33. The number of nitrogens with zero attached hydrogens (tertiary/aromatic N) is 4. The van der Waals surface area contributed by atoms with Crippen LogP contribution in [0.5, 0.6) is 0 Å². The first-order chi connectivity index (χ1) is 33.2. The van der Waals surface area contributed by atoms with E-state index in [1.165, 1.54) is 61.9 Å². The number of nitrogens with one attached hydrogen (secondary N) is 7. The predicted molar refractivity (Wildman–Crippen MR) is 306 cm³/mol. The van der Waals surface area contributed by atoms with E-state index >= 15 is 0 Å². The molecule has 0 bridgehead atoms. The van der Waals surface area contributed by atoms with Crippen LogP contribution in [0.15, 0.2) is 0 Å². The van der Waals surface area contributed by atoms with Gasteiger partial charge in [0.15, 0.2) is 0 Å². The molecular formula is C54H121N11O5S. The second-order valence-electron chi connectivity index (χ2n) is 21.7. The molecule has 428 valence electrons. The van der Waals surface area contributed by atoms with Crippen LogP contribution in [0.1, 0.15) is 175 Å². The first-order valence-electron chi connectivity index (χ1n) is 27.9. The lowest BCUT2D eigenvalue weighted by Gasteiger charge is -2.40. The summed E-state index contributed by atoms with van der Waals surface area (Å²) in [6.07, 6.45) is 14.9. The van der Waals surface area contributed by atoms with E-state index in [1.807, 2.05) is 51.8 Å². The number of hydrogen-bond acceptors (Lipinski definition) is 13. The third-order valence-corrected chi connectivity index (χ3v) is 13.4. The smallest absolute Gasteiger partial charge is 0.219 e. The van der Waals surface area contributed by atoms with Crippen molar-refractivity contribution < 1.29 is 22.7 Å². The Bertz CT molecular complexity index is 1340. The van der Waals surface area contributed by atoms with E-state index in [0.717, 1.165) is 70.4 Å². The van der Waals surface area contributed by atoms with Gasteiger partial charge in [-0.05, 0) is 87.6 Å². The summed E-state index contributed by atoms with van der Waals surface area (Å²) in [6, 6.07) is 7.34. The molecule has 17 heteroatoms. The van der Waals surface area contributed by atoms with Gasteiger partial charge in [0.25, 0.3) is 0 Å². The van der Waals surface area contributed by atoms with Gasteiger partial charge in [-0.2, -0.15) is 4.31 Å². The van der Waals surface area contributed by atoms with Crippen LogP contribution in [-0.2, 0) is 24.3 Å². The molecule has 0 radical (unpaired) electrons. The van der Waals surface area contributed by atoms with E-state index in [2.05, 4.69) is 132 Å². The average Bonchev–Trinajstić information content (AvgIpc) is 3.96. The van der Waals surface area contributed by atoms with Crippen LogP contribution in [0.2, 0.25) is 0 Å². The Morgan fingerprint density at radius 2 is 0.817 bits per heavy atom. The van der Waals surface area contributed by atoms with E-state index in [9.17, 15) is 18.0 Å². The topological polar surface area (TPSA) is 175 Å². The zero-order valence-electron chi connectivity index (χ0n) is 50.4. The first kappa shape index (κ1) is 73.7. The molecule has 71 heavy (non-hydrogen) atoms. The van der Waals surface area contributed by atoms with Gasteiger partial charge in [0, 0.05) is 120 Å². The number of likely N-dealkylation sites (tertiary alicyclic amines) is 2. The molecule has 16 nitrogen and oxygen atoms in total. The quantitative estimate of drug-likeness (QED) is 0.113. The minimum absolute atomic E-state index is 0.187. The Morgan fingerprint density at radius 1 is 0.507 bits per heavy atom. The number of carbonyl (C=O) groups is 2. The van der Waals surface area contributed by atoms with Crippen LogP contribution in [-0.4, -0.2) is 206 Å². The zero-order chi connectivity index (χ0) is 55.3. The Balaban J connectivity index is -0.000000762. The van der Waals surface area contributed by atoms with Gasteiger partial charge in [-0.1, -0.05) is 109 Å². The third-order valence-electron chi connectivity index (χ3n) is 12.1. The molecule has 6 rings (SSSR count). The monoisotopic (exact) mass is 1040 g/mol. The minimum atomic E-state index is -2.94. The molecular weight excluding hydrogens is 915 g/mol. The van der Waals surface area contributed by atoms with Crippen LogP contribution >= 0.6 is 0 Å². The lowest BCUT2D eigenvalue weighted by molar-refractivity contribution is -0.133. The summed E-state index contributed by atoms with van der Waals surface area (Å²) in [5.41, 5.74) is 0. The molecule has 0 spiro atoms. The number of sulfonamides is 1. The molecule has 2 amide bonds. The van der Waals surface area contributed by atoms with Gasteiger partial charge in [0.05, 0.1) is 25.5 Å². The fourth-order valence-electron chi connectivity index (χ4n) is 8.53. The van der Waals surface area contributed by atoms with Crippen LogP contribution in [0.3, 0.4) is 0 Å². The molecule has 4 aliphatic heterocycles. The summed E-state index contributed by atoms with van der Waals surface area (Å²) >= 11 is 0. The van der Waals surface area contributed by atoms with Crippen LogP contribution in [0, 0.1) is 0 Å². The van der Waals surface area contributed by atoms with E-state index < -0.39 is 10.0 Å². The molecule has 0 aromatic rings. The van der Waals surface area contributed by atoms with E-state index in [0.29, 0.717) is 67.5 Å². The number of carbonyl (C=O) groups excluding carboxylic acids is 2. The maximum Gasteiger partial charge on any atom is 0.219 e. The number of ether oxygens (including phenoxy) is 1. The van der Waals surface area contributed by atoms with Crippen LogP contribution in [0.25, 0.3) is 0 Å². The normalized spacial score (nSPS) is 18.8. The molecule has 6 aliphatic rings. The summed E-state index contributed by atoms with van der Waals surface area (Å²) in [6.45, 7) is 39.9. The fourth-order valence-corrected chi connectivity index (χ4v) is 9.43. The van der Waals surface area contributed by atoms with Crippen molar-refractivity contribution in [3.63, 3.8) is 0 Å². The molecule has 2 aliphatic carbocycles. The maximum absolute atomic E-state index is 11.0. The van der Waals surface area contributed by atoms with Gasteiger partial charge in [-0.25, -0.2) is 8.42 Å². The Kier molecular flexibility index (Phi) is 45.4. The lowest BCUT2D eigenvalue weighted by Crippen LogP contribution is -2.60. The third kappa shape index (κ3) is 40.5. The van der Waals surface area contributed by atoms with Crippen molar-refractivity contribution in [3.05, 3.63) is 0 Å². The Hall–Kier alpha value is -1.51. The highest BCUT2D eigenvalue weighted by molar-refractivity contribution is 7.88. The van der Waals surface area contributed by atoms with Crippen molar-refractivity contribution in [3.8, 4) is 0 Å². The van der Waals surface area contributed by atoms with Crippen molar-refractivity contribution in [1.82, 2.24) is 56.2 Å². The van der Waals surface area contributed by atoms with E-state index in [-0.39, 0.29) is 11.8 Å². The highest BCUT2D eigenvalue weighted by atomic mass is 32.2. The average molecular weight is 1040 g/mol. The van der Waals surface area contributed by atoms with E-state index in [1.54, 1.807) is 13.8 Å². The zero-order valence-corrected chi connectivity index (χ0v) is 51.2. The van der Waals surface area contributed by atoms with Gasteiger partial charge in [-0.15, -0.1) is 0 Å². The maximum atomic E-state index is 11.0. The van der Waals surface area contributed by atoms with Gasteiger partial charge in [0.2, 0.25) is 21.8 Å². The van der Waals surface area contributed by atoms with Gasteiger partial charge < -0.3 is 56.7 Å². The largest absolute Gasteiger partial charge is 0.378 e. The van der Waals surface area contributed by atoms with Crippen LogP contribution < -0.4 is 37.2 Å². The van der Waals surface area contributed by atoms with Crippen molar-refractivity contribution in [2.45, 2.75) is 247 Å². The lowest BCUT2D eigenvalue weighted by atomic mass is 10.0. The fraction of sp³-hybridized carbons (Fsp3) is 0.963. The van der Waals surface area contributed by atoms with Crippen LogP contribution in [0.4, 0.5) is 0 Å². The molecule has 4 heterocycles. The highest BCUT2D eigenvalue weighted by Crippen LogP contribution is 2.23. The molecule has 0 aromatic heterocycles. The summed E-state index contributed by atoms with van der Waals surface area (Å²) in [4.78, 5) is 28.1. The molecule has 0 atom stereocenters. The van der Waals surface area contributed by atoms with Gasteiger partial charge >= 0.3 is 0 Å². The first-order valence-corrected chi connectivity index (χ1v) is 29.8. The Morgan fingerprint density at radius 3 is 1.10 bits per heavy atom. The van der Waals surface area contributed by atoms with Gasteiger partial charge in [-0.3, -0.25) is 9.59 Å². The summed E-state index contributed by atoms with van der Waals surface area (Å²) in [7, 11) is 6.81. The number of rotatable bonds is 13. The summed E-state index contributed by atoms with van der Waals surface area (Å²) in [5, 5.41) is 22.5. The molecule has 0 unspecified atom stereocenters. The SMILES string of the molecule is CC.CC(=O)N1CC(NC(C)C)C1.CC(=O)N1CCC(NC(C)C)CC1.CC(C)N(C)C1CCCC1.CC(C)NC1CCCC1.CC(C)NC1CN(S(C)(=O)=O)C1.CC(C)NC1COC1.CNC.CNC. The summed E-state index contributed by atoms with van der Waals surface area (Å²) in [5.74, 6) is 0.398. The molecule has 2 saturated carbocycles. The van der Waals surface area contributed by atoms with Crippen molar-refractivity contribution in [1.29, 1.82) is 0 Å². The molecule has 7 N–H and O–H groups in total. The van der Waals surface area contributed by atoms with E-state index in [4.69, 9.17) is 4.74 Å². The Labute approximate surface area is 440 Å². The second kappa shape index (κ2) is 43.7.